The number of anilines is 1. The van der Waals surface area contributed by atoms with E-state index in [1.54, 1.807) is 24.3 Å². The summed E-state index contributed by atoms with van der Waals surface area (Å²) >= 11 is 0. The molecule has 0 radical (unpaired) electrons. The summed E-state index contributed by atoms with van der Waals surface area (Å²) in [6.45, 7) is 0.323. The average Bonchev–Trinajstić information content (AvgIpc) is 2.39. The van der Waals surface area contributed by atoms with Crippen LogP contribution >= 0.6 is 0 Å². The van der Waals surface area contributed by atoms with Crippen LogP contribution in [0.5, 0.6) is 0 Å². The van der Waals surface area contributed by atoms with Gasteiger partial charge in [0.05, 0.1) is 13.0 Å². The van der Waals surface area contributed by atoms with Gasteiger partial charge in [0.15, 0.2) is 0 Å². The van der Waals surface area contributed by atoms with E-state index in [0.717, 1.165) is 5.56 Å². The molecule has 0 unspecified atom stereocenters. The molecule has 3 amide bonds. The van der Waals surface area contributed by atoms with E-state index >= 15 is 0 Å². The number of benzene rings is 1. The molecule has 7 heteroatoms. The summed E-state index contributed by atoms with van der Waals surface area (Å²) < 4.78 is 4.99. The molecule has 108 valence electrons. The lowest BCUT2D eigenvalue weighted by Crippen LogP contribution is -2.34. The lowest BCUT2D eigenvalue weighted by Gasteiger charge is -2.10. The van der Waals surface area contributed by atoms with Crippen LogP contribution in [0.25, 0.3) is 0 Å². The number of urea groups is 1. The topological polar surface area (TPSA) is 105 Å². The van der Waals surface area contributed by atoms with Crippen molar-refractivity contribution in [3.63, 3.8) is 0 Å². The minimum absolute atomic E-state index is 0.248. The predicted octanol–water partition coefficient (Wildman–Crippen LogP) is 1.35. The van der Waals surface area contributed by atoms with Gasteiger partial charge in [-0.05, 0) is 6.07 Å². The number of aliphatic carboxylic acids is 1. The van der Waals surface area contributed by atoms with E-state index in [0.29, 0.717) is 12.3 Å². The monoisotopic (exact) mass is 280 g/mol. The lowest BCUT2D eigenvalue weighted by molar-refractivity contribution is -0.138. The Hall–Kier alpha value is -2.41. The second-order valence-electron chi connectivity index (χ2n) is 3.99. The standard InChI is InChI=1S/C13H16N2O5/c1-20-8-9-4-2-3-5-10(9)14-13(19)15-11(16)6-7-12(17)18/h2-5H,6-8H2,1H3,(H,17,18)(H2,14,15,16,19). The number of para-hydroxylation sites is 1. The molecule has 0 saturated heterocycles. The molecular formula is C13H16N2O5. The van der Waals surface area contributed by atoms with Crippen molar-refractivity contribution >= 4 is 23.6 Å². The summed E-state index contributed by atoms with van der Waals surface area (Å²) in [7, 11) is 1.53. The van der Waals surface area contributed by atoms with E-state index in [4.69, 9.17) is 9.84 Å². The fraction of sp³-hybridized carbons (Fsp3) is 0.308. The van der Waals surface area contributed by atoms with E-state index in [9.17, 15) is 14.4 Å². The van der Waals surface area contributed by atoms with Crippen LogP contribution in [0.15, 0.2) is 24.3 Å². The van der Waals surface area contributed by atoms with Gasteiger partial charge in [0.2, 0.25) is 5.91 Å². The third-order valence-electron chi connectivity index (χ3n) is 2.38. The third kappa shape index (κ3) is 5.49. The second kappa shape index (κ2) is 7.90. The van der Waals surface area contributed by atoms with E-state index in [2.05, 4.69) is 10.6 Å². The van der Waals surface area contributed by atoms with Gasteiger partial charge in [-0.2, -0.15) is 0 Å². The van der Waals surface area contributed by atoms with Crippen molar-refractivity contribution in [3.8, 4) is 0 Å². The largest absolute Gasteiger partial charge is 0.481 e. The first-order valence-corrected chi connectivity index (χ1v) is 5.92. The van der Waals surface area contributed by atoms with Gasteiger partial charge in [-0.1, -0.05) is 18.2 Å². The highest BCUT2D eigenvalue weighted by Gasteiger charge is 2.11. The first-order valence-electron chi connectivity index (χ1n) is 5.92. The highest BCUT2D eigenvalue weighted by molar-refractivity contribution is 6.01. The van der Waals surface area contributed by atoms with E-state index < -0.39 is 17.9 Å². The van der Waals surface area contributed by atoms with Crippen molar-refractivity contribution < 1.29 is 24.2 Å². The number of carbonyl (C=O) groups excluding carboxylic acids is 2. The van der Waals surface area contributed by atoms with Crippen LogP contribution in [0.1, 0.15) is 18.4 Å². The number of ether oxygens (including phenoxy) is 1. The van der Waals surface area contributed by atoms with Gasteiger partial charge in [0.1, 0.15) is 0 Å². The highest BCUT2D eigenvalue weighted by atomic mass is 16.5. The zero-order valence-corrected chi connectivity index (χ0v) is 11.0. The Balaban J connectivity index is 2.54. The fourth-order valence-corrected chi connectivity index (χ4v) is 1.49. The van der Waals surface area contributed by atoms with Crippen LogP contribution in [0.2, 0.25) is 0 Å². The second-order valence-corrected chi connectivity index (χ2v) is 3.99. The van der Waals surface area contributed by atoms with Crippen LogP contribution in [-0.2, 0) is 20.9 Å². The molecule has 0 aliphatic carbocycles. The number of hydrogen-bond donors (Lipinski definition) is 3. The van der Waals surface area contributed by atoms with Crippen molar-refractivity contribution in [2.75, 3.05) is 12.4 Å². The van der Waals surface area contributed by atoms with E-state index in [1.165, 1.54) is 7.11 Å². The number of nitrogens with one attached hydrogen (secondary N) is 2. The van der Waals surface area contributed by atoms with Gasteiger partial charge in [0, 0.05) is 24.8 Å². The molecule has 7 nitrogen and oxygen atoms in total. The summed E-state index contributed by atoms with van der Waals surface area (Å²) in [5, 5.41) is 13.0. The fourth-order valence-electron chi connectivity index (χ4n) is 1.49. The Bertz CT molecular complexity index is 501. The maximum atomic E-state index is 11.6. The Morgan fingerprint density at radius 1 is 1.20 bits per heavy atom. The highest BCUT2D eigenvalue weighted by Crippen LogP contribution is 2.15. The van der Waals surface area contributed by atoms with Crippen LogP contribution in [0.3, 0.4) is 0 Å². The van der Waals surface area contributed by atoms with Crippen LogP contribution in [0, 0.1) is 0 Å². The quantitative estimate of drug-likeness (QED) is 0.729. The van der Waals surface area contributed by atoms with Crippen molar-refractivity contribution in [1.29, 1.82) is 0 Å². The lowest BCUT2D eigenvalue weighted by atomic mass is 10.2. The van der Waals surface area contributed by atoms with E-state index in [-0.39, 0.29) is 12.8 Å². The van der Waals surface area contributed by atoms with Crippen molar-refractivity contribution in [1.82, 2.24) is 5.32 Å². The maximum absolute atomic E-state index is 11.6. The average molecular weight is 280 g/mol. The molecule has 1 aromatic carbocycles. The molecule has 1 rings (SSSR count). The number of carboxylic acid groups (broad SMARTS) is 1. The van der Waals surface area contributed by atoms with Gasteiger partial charge in [-0.3, -0.25) is 14.9 Å². The summed E-state index contributed by atoms with van der Waals surface area (Å²) in [6.07, 6.45) is -0.568. The minimum atomic E-state index is -1.09. The summed E-state index contributed by atoms with van der Waals surface area (Å²) in [5.41, 5.74) is 1.29. The zero-order valence-electron chi connectivity index (χ0n) is 11.0. The van der Waals surface area contributed by atoms with Crippen LogP contribution < -0.4 is 10.6 Å². The first-order chi connectivity index (χ1) is 9.52. The molecule has 0 fully saturated rings. The van der Waals surface area contributed by atoms with Crippen LogP contribution in [-0.4, -0.2) is 30.1 Å². The molecular weight excluding hydrogens is 264 g/mol. The molecule has 3 N–H and O–H groups in total. The molecule has 0 aliphatic rings. The Kier molecular flexibility index (Phi) is 6.18. The molecule has 0 aromatic heterocycles. The number of imide groups is 1. The van der Waals surface area contributed by atoms with E-state index in [1.807, 2.05) is 0 Å². The molecule has 0 spiro atoms. The molecule has 0 aliphatic heterocycles. The van der Waals surface area contributed by atoms with Gasteiger partial charge >= 0.3 is 12.0 Å². The molecule has 0 atom stereocenters. The Morgan fingerprint density at radius 2 is 1.90 bits per heavy atom. The van der Waals surface area contributed by atoms with Gasteiger partial charge in [-0.25, -0.2) is 4.79 Å². The first kappa shape index (κ1) is 15.6. The molecule has 20 heavy (non-hydrogen) atoms. The summed E-state index contributed by atoms with van der Waals surface area (Å²) in [5.74, 6) is -1.74. The SMILES string of the molecule is COCc1ccccc1NC(=O)NC(=O)CCC(=O)O. The number of hydrogen-bond acceptors (Lipinski definition) is 4. The predicted molar refractivity (Wildman–Crippen MR) is 71.2 cm³/mol. The normalized spacial score (nSPS) is 9.85. The number of carbonyl (C=O) groups is 3. The van der Waals surface area contributed by atoms with Gasteiger partial charge in [-0.15, -0.1) is 0 Å². The molecule has 0 bridgehead atoms. The third-order valence-corrected chi connectivity index (χ3v) is 2.38. The van der Waals surface area contributed by atoms with Crippen LogP contribution in [0.4, 0.5) is 10.5 Å². The molecule has 0 saturated carbocycles. The maximum Gasteiger partial charge on any atom is 0.325 e. The number of carboxylic acids is 1. The van der Waals surface area contributed by atoms with Gasteiger partial charge in [0.25, 0.3) is 0 Å². The number of rotatable bonds is 6. The summed E-state index contributed by atoms with van der Waals surface area (Å²) in [4.78, 5) is 33.2. The van der Waals surface area contributed by atoms with Crippen molar-refractivity contribution in [2.45, 2.75) is 19.4 Å². The Morgan fingerprint density at radius 3 is 2.55 bits per heavy atom. The van der Waals surface area contributed by atoms with Crippen molar-refractivity contribution in [3.05, 3.63) is 29.8 Å². The minimum Gasteiger partial charge on any atom is -0.481 e. The zero-order chi connectivity index (χ0) is 15.0. The smallest absolute Gasteiger partial charge is 0.325 e. The Labute approximate surface area is 115 Å². The molecule has 0 heterocycles. The number of methoxy groups -OCH3 is 1. The molecule has 1 aromatic rings. The van der Waals surface area contributed by atoms with Gasteiger partial charge < -0.3 is 15.2 Å². The number of amides is 3. The van der Waals surface area contributed by atoms with Crippen molar-refractivity contribution in [2.24, 2.45) is 0 Å². The summed E-state index contributed by atoms with van der Waals surface area (Å²) in [6, 6.07) is 6.29.